The molecule has 2 heterocycles. The van der Waals surface area contributed by atoms with Crippen molar-refractivity contribution >= 4 is 10.8 Å². The Morgan fingerprint density at radius 2 is 1.85 bits per heavy atom. The van der Waals surface area contributed by atoms with Crippen molar-refractivity contribution < 1.29 is 13.5 Å². The minimum atomic E-state index is -1.02. The van der Waals surface area contributed by atoms with Gasteiger partial charge in [-0.2, -0.15) is 0 Å². The van der Waals surface area contributed by atoms with Crippen LogP contribution in [0.4, 0.5) is 8.78 Å². The third-order valence-electron chi connectivity index (χ3n) is 4.85. The van der Waals surface area contributed by atoms with Gasteiger partial charge in [0.1, 0.15) is 0 Å². The second kappa shape index (κ2) is 6.63. The van der Waals surface area contributed by atoms with Gasteiger partial charge in [-0.15, -0.1) is 0 Å². The minimum absolute atomic E-state index is 0.155. The van der Waals surface area contributed by atoms with E-state index in [1.807, 2.05) is 37.4 Å². The number of halogens is 2. The minimum Gasteiger partial charge on any atom is -0.373 e. The molecule has 2 aromatic carbocycles. The summed E-state index contributed by atoms with van der Waals surface area (Å²) in [5, 5.41) is 0.596. The number of hydrogen-bond donors (Lipinski definition) is 1. The summed E-state index contributed by atoms with van der Waals surface area (Å²) in [6.07, 6.45) is 0. The summed E-state index contributed by atoms with van der Waals surface area (Å²) in [6.45, 7) is 1.32. The normalized spacial score (nSPS) is 16.8. The van der Waals surface area contributed by atoms with Gasteiger partial charge in [0.2, 0.25) is 0 Å². The molecule has 0 aliphatic carbocycles. The number of ether oxygens (including phenoxy) is 1. The molecule has 6 heteroatoms. The van der Waals surface area contributed by atoms with Gasteiger partial charge in [-0.05, 0) is 30.1 Å². The fourth-order valence-electron chi connectivity index (χ4n) is 3.57. The highest BCUT2D eigenvalue weighted by molar-refractivity contribution is 5.86. The van der Waals surface area contributed by atoms with Gasteiger partial charge >= 0.3 is 0 Å². The van der Waals surface area contributed by atoms with Crippen molar-refractivity contribution in [1.82, 2.24) is 9.88 Å². The van der Waals surface area contributed by atoms with Crippen molar-refractivity contribution in [3.05, 3.63) is 81.3 Å². The molecule has 3 aromatic rings. The van der Waals surface area contributed by atoms with Crippen molar-refractivity contribution in [2.24, 2.45) is 0 Å². The summed E-state index contributed by atoms with van der Waals surface area (Å²) in [5.41, 5.74) is 2.11. The van der Waals surface area contributed by atoms with Crippen molar-refractivity contribution in [3.8, 4) is 0 Å². The van der Waals surface area contributed by atoms with Crippen LogP contribution in [0, 0.1) is 11.6 Å². The second-order valence-corrected chi connectivity index (χ2v) is 6.59. The van der Waals surface area contributed by atoms with Crippen LogP contribution in [0.2, 0.25) is 0 Å². The van der Waals surface area contributed by atoms with Crippen LogP contribution in [0.3, 0.4) is 0 Å². The maximum absolute atomic E-state index is 13.9. The largest absolute Gasteiger partial charge is 0.373 e. The van der Waals surface area contributed by atoms with E-state index in [-0.39, 0.29) is 18.0 Å². The molecule has 0 spiro atoms. The topological polar surface area (TPSA) is 45.3 Å². The van der Waals surface area contributed by atoms with Crippen LogP contribution in [0.25, 0.3) is 10.8 Å². The van der Waals surface area contributed by atoms with Crippen LogP contribution in [0.15, 0.2) is 47.3 Å². The molecular formula is C20H18F2N2O2. The zero-order valence-corrected chi connectivity index (χ0v) is 14.3. The first-order chi connectivity index (χ1) is 12.5. The number of H-pyrrole nitrogens is 1. The van der Waals surface area contributed by atoms with E-state index in [2.05, 4.69) is 9.88 Å². The van der Waals surface area contributed by atoms with E-state index in [9.17, 15) is 13.6 Å². The van der Waals surface area contributed by atoms with Crippen molar-refractivity contribution in [2.75, 3.05) is 13.7 Å². The van der Waals surface area contributed by atoms with Gasteiger partial charge in [0, 0.05) is 17.8 Å². The number of aromatic amines is 1. The number of pyridine rings is 1. The standard InChI is InChI=1S/C20H18F2N2O2/c1-24(9-12-5-3-2-4-6-12)18-11-26-10-17-19(18)13-7-15(21)16(22)8-14(13)20(25)23-17/h2-8,18H,9-11H2,1H3,(H,23,25). The van der Waals surface area contributed by atoms with E-state index in [1.54, 1.807) is 0 Å². The summed E-state index contributed by atoms with van der Waals surface area (Å²) < 4.78 is 33.2. The third kappa shape index (κ3) is 2.91. The van der Waals surface area contributed by atoms with Gasteiger partial charge in [-0.25, -0.2) is 8.78 Å². The van der Waals surface area contributed by atoms with E-state index in [1.165, 1.54) is 0 Å². The van der Waals surface area contributed by atoms with Crippen LogP contribution >= 0.6 is 0 Å². The zero-order chi connectivity index (χ0) is 18.3. The number of likely N-dealkylation sites (N-methyl/N-ethyl adjacent to an activating group) is 1. The fraction of sp³-hybridized carbons (Fsp3) is 0.250. The summed E-state index contributed by atoms with van der Waals surface area (Å²) >= 11 is 0. The predicted molar refractivity (Wildman–Crippen MR) is 94.8 cm³/mol. The van der Waals surface area contributed by atoms with Gasteiger partial charge in [0.15, 0.2) is 11.6 Å². The smallest absolute Gasteiger partial charge is 0.256 e. The van der Waals surface area contributed by atoms with Gasteiger partial charge in [-0.1, -0.05) is 30.3 Å². The Morgan fingerprint density at radius 1 is 1.15 bits per heavy atom. The highest BCUT2D eigenvalue weighted by Gasteiger charge is 2.28. The summed E-state index contributed by atoms with van der Waals surface area (Å²) in [6, 6.07) is 11.9. The van der Waals surface area contributed by atoms with Gasteiger partial charge in [-0.3, -0.25) is 9.69 Å². The molecule has 26 heavy (non-hydrogen) atoms. The SMILES string of the molecule is CN(Cc1ccccc1)C1COCc2[nH]c(=O)c3cc(F)c(F)cc3c21. The molecule has 0 saturated carbocycles. The Hall–Kier alpha value is -2.57. The molecule has 0 amide bonds. The predicted octanol–water partition coefficient (Wildman–Crippen LogP) is 3.51. The van der Waals surface area contributed by atoms with Crippen LogP contribution < -0.4 is 5.56 Å². The first kappa shape index (κ1) is 16.9. The third-order valence-corrected chi connectivity index (χ3v) is 4.85. The molecule has 1 unspecified atom stereocenters. The Kier molecular flexibility index (Phi) is 4.30. The first-order valence-corrected chi connectivity index (χ1v) is 8.40. The number of rotatable bonds is 3. The van der Waals surface area contributed by atoms with E-state index >= 15 is 0 Å². The van der Waals surface area contributed by atoms with E-state index in [4.69, 9.17) is 4.74 Å². The number of hydrogen-bond acceptors (Lipinski definition) is 3. The van der Waals surface area contributed by atoms with Crippen molar-refractivity contribution in [2.45, 2.75) is 19.2 Å². The van der Waals surface area contributed by atoms with Crippen molar-refractivity contribution in [1.29, 1.82) is 0 Å². The first-order valence-electron chi connectivity index (χ1n) is 8.40. The molecule has 0 bridgehead atoms. The molecule has 0 radical (unpaired) electrons. The molecule has 1 atom stereocenters. The summed E-state index contributed by atoms with van der Waals surface area (Å²) in [4.78, 5) is 17.1. The Labute approximate surface area is 149 Å². The second-order valence-electron chi connectivity index (χ2n) is 6.59. The lowest BCUT2D eigenvalue weighted by Crippen LogP contribution is -2.33. The zero-order valence-electron chi connectivity index (χ0n) is 14.3. The average Bonchev–Trinajstić information content (AvgIpc) is 2.63. The molecule has 0 saturated heterocycles. The van der Waals surface area contributed by atoms with Gasteiger partial charge < -0.3 is 9.72 Å². The summed E-state index contributed by atoms with van der Waals surface area (Å²) in [7, 11) is 1.95. The Balaban J connectivity index is 1.83. The fourth-order valence-corrected chi connectivity index (χ4v) is 3.57. The number of nitrogens with one attached hydrogen (secondary N) is 1. The van der Waals surface area contributed by atoms with Crippen molar-refractivity contribution in [3.63, 3.8) is 0 Å². The van der Waals surface area contributed by atoms with Gasteiger partial charge in [0.05, 0.1) is 24.6 Å². The highest BCUT2D eigenvalue weighted by Crippen LogP contribution is 2.34. The molecule has 134 valence electrons. The highest BCUT2D eigenvalue weighted by atomic mass is 19.2. The average molecular weight is 356 g/mol. The number of fused-ring (bicyclic) bond motifs is 3. The number of aromatic nitrogens is 1. The molecule has 4 nitrogen and oxygen atoms in total. The van der Waals surface area contributed by atoms with E-state index in [0.717, 1.165) is 23.3 Å². The quantitative estimate of drug-likeness (QED) is 0.781. The Morgan fingerprint density at radius 3 is 2.58 bits per heavy atom. The summed E-state index contributed by atoms with van der Waals surface area (Å²) in [5.74, 6) is -1.98. The van der Waals surface area contributed by atoms with E-state index < -0.39 is 17.2 Å². The number of nitrogens with zero attached hydrogens (tertiary/aromatic N) is 1. The monoisotopic (exact) mass is 356 g/mol. The van der Waals surface area contributed by atoms with Crippen LogP contribution in [-0.4, -0.2) is 23.5 Å². The lowest BCUT2D eigenvalue weighted by atomic mass is 9.95. The lowest BCUT2D eigenvalue weighted by molar-refractivity contribution is 0.0377. The molecule has 1 aliphatic heterocycles. The van der Waals surface area contributed by atoms with Crippen LogP contribution in [0.1, 0.15) is 22.9 Å². The molecule has 4 rings (SSSR count). The van der Waals surface area contributed by atoms with E-state index in [0.29, 0.717) is 24.2 Å². The molecule has 1 aromatic heterocycles. The Bertz CT molecular complexity index is 1020. The molecule has 1 aliphatic rings. The maximum Gasteiger partial charge on any atom is 0.256 e. The molecule has 0 fully saturated rings. The van der Waals surface area contributed by atoms with Crippen LogP contribution in [-0.2, 0) is 17.9 Å². The van der Waals surface area contributed by atoms with Gasteiger partial charge in [0.25, 0.3) is 5.56 Å². The lowest BCUT2D eigenvalue weighted by Gasteiger charge is -2.33. The maximum atomic E-state index is 13.9. The van der Waals surface area contributed by atoms with Crippen LogP contribution in [0.5, 0.6) is 0 Å². The molecule has 1 N–H and O–H groups in total. The molecular weight excluding hydrogens is 338 g/mol. The number of benzene rings is 2.